The highest BCUT2D eigenvalue weighted by atomic mass is 16.2. The van der Waals surface area contributed by atoms with Crippen LogP contribution in [0.1, 0.15) is 10.5 Å². The van der Waals surface area contributed by atoms with E-state index in [0.29, 0.717) is 12.2 Å². The third-order valence-electron chi connectivity index (χ3n) is 1.75. The molecule has 0 aromatic carbocycles. The Hall–Kier alpha value is -1.84. The van der Waals surface area contributed by atoms with E-state index >= 15 is 0 Å². The Morgan fingerprint density at radius 2 is 2.36 bits per heavy atom. The zero-order chi connectivity index (χ0) is 10.6. The number of rotatable bonds is 3. The number of H-pyrrole nitrogens is 1. The molecule has 4 nitrogen and oxygen atoms in total. The van der Waals surface area contributed by atoms with Gasteiger partial charge in [-0.05, 0) is 6.07 Å². The van der Waals surface area contributed by atoms with Crippen molar-refractivity contribution in [3.63, 3.8) is 0 Å². The van der Waals surface area contributed by atoms with Crippen molar-refractivity contribution in [2.45, 2.75) is 0 Å². The lowest BCUT2D eigenvalue weighted by atomic mass is 10.3. The molecule has 0 aliphatic carbocycles. The maximum Gasteiger partial charge on any atom is 0.270 e. The summed E-state index contributed by atoms with van der Waals surface area (Å²) in [7, 11) is 1.65. The molecule has 1 heterocycles. The van der Waals surface area contributed by atoms with Gasteiger partial charge in [0.05, 0.1) is 0 Å². The largest absolute Gasteiger partial charge is 0.337 e. The number of pyridine rings is 1. The van der Waals surface area contributed by atoms with Crippen LogP contribution in [-0.2, 0) is 0 Å². The first kappa shape index (κ1) is 10.2. The Bertz CT molecular complexity index is 395. The van der Waals surface area contributed by atoms with E-state index in [1.165, 1.54) is 11.0 Å². The highest BCUT2D eigenvalue weighted by Crippen LogP contribution is 1.96. The molecule has 0 fully saturated rings. The monoisotopic (exact) mass is 192 g/mol. The van der Waals surface area contributed by atoms with E-state index in [4.69, 9.17) is 0 Å². The predicted octanol–water partition coefficient (Wildman–Crippen LogP) is 0.633. The van der Waals surface area contributed by atoms with Crippen molar-refractivity contribution >= 4 is 5.91 Å². The van der Waals surface area contributed by atoms with Gasteiger partial charge in [0.2, 0.25) is 5.56 Å². The molecule has 74 valence electrons. The van der Waals surface area contributed by atoms with Crippen molar-refractivity contribution in [1.29, 1.82) is 0 Å². The summed E-state index contributed by atoms with van der Waals surface area (Å²) < 4.78 is 0. The smallest absolute Gasteiger partial charge is 0.270 e. The first-order valence-electron chi connectivity index (χ1n) is 4.21. The molecule has 0 atom stereocenters. The molecule has 0 unspecified atom stereocenters. The third kappa shape index (κ3) is 2.32. The van der Waals surface area contributed by atoms with Gasteiger partial charge in [-0.1, -0.05) is 12.1 Å². The summed E-state index contributed by atoms with van der Waals surface area (Å²) in [5.41, 5.74) is 0.0182. The van der Waals surface area contributed by atoms with Crippen LogP contribution >= 0.6 is 0 Å². The Morgan fingerprint density at radius 1 is 1.64 bits per heavy atom. The van der Waals surface area contributed by atoms with Crippen molar-refractivity contribution < 1.29 is 4.79 Å². The summed E-state index contributed by atoms with van der Waals surface area (Å²) in [6.45, 7) is 3.98. The second kappa shape index (κ2) is 4.41. The van der Waals surface area contributed by atoms with Gasteiger partial charge in [-0.25, -0.2) is 0 Å². The van der Waals surface area contributed by atoms with Gasteiger partial charge in [-0.2, -0.15) is 0 Å². The molecule has 0 bridgehead atoms. The molecule has 0 radical (unpaired) electrons. The van der Waals surface area contributed by atoms with E-state index in [0.717, 1.165) is 0 Å². The van der Waals surface area contributed by atoms with Crippen LogP contribution in [-0.4, -0.2) is 29.4 Å². The van der Waals surface area contributed by atoms with E-state index in [-0.39, 0.29) is 11.5 Å². The number of likely N-dealkylation sites (N-methyl/N-ethyl adjacent to an activating group) is 1. The van der Waals surface area contributed by atoms with E-state index in [1.54, 1.807) is 25.3 Å². The minimum atomic E-state index is -0.275. The van der Waals surface area contributed by atoms with Gasteiger partial charge in [0.15, 0.2) is 0 Å². The Labute approximate surface area is 81.9 Å². The van der Waals surface area contributed by atoms with Crippen molar-refractivity contribution in [2.75, 3.05) is 13.6 Å². The van der Waals surface area contributed by atoms with Crippen LogP contribution in [0.3, 0.4) is 0 Å². The molecule has 0 aliphatic heterocycles. The molecule has 0 saturated carbocycles. The number of carbonyl (C=O) groups is 1. The molecule has 0 spiro atoms. The molecule has 0 saturated heterocycles. The summed E-state index contributed by atoms with van der Waals surface area (Å²) in [5.74, 6) is -0.220. The summed E-state index contributed by atoms with van der Waals surface area (Å²) >= 11 is 0. The van der Waals surface area contributed by atoms with Crippen molar-refractivity contribution in [2.24, 2.45) is 0 Å². The number of amides is 1. The van der Waals surface area contributed by atoms with Gasteiger partial charge in [0.25, 0.3) is 5.91 Å². The second-order valence-electron chi connectivity index (χ2n) is 2.90. The standard InChI is InChI=1S/C10H12N2O2/c1-3-7-12(2)10(14)8-5-4-6-9(13)11-8/h3-6H,1,7H2,2H3,(H,11,13). The fourth-order valence-electron chi connectivity index (χ4n) is 1.05. The SMILES string of the molecule is C=CCN(C)C(=O)c1cccc(=O)[nH]1. The minimum Gasteiger partial charge on any atom is -0.337 e. The average molecular weight is 192 g/mol. The minimum absolute atomic E-state index is 0.220. The molecular formula is C10H12N2O2. The van der Waals surface area contributed by atoms with Crippen LogP contribution < -0.4 is 5.56 Å². The maximum absolute atomic E-state index is 11.6. The van der Waals surface area contributed by atoms with Crippen LogP contribution in [0.5, 0.6) is 0 Å². The zero-order valence-corrected chi connectivity index (χ0v) is 7.99. The molecular weight excluding hydrogens is 180 g/mol. The summed E-state index contributed by atoms with van der Waals surface area (Å²) in [6.07, 6.45) is 1.62. The summed E-state index contributed by atoms with van der Waals surface area (Å²) in [6, 6.07) is 4.49. The lowest BCUT2D eigenvalue weighted by Gasteiger charge is -2.13. The number of nitrogens with zero attached hydrogens (tertiary/aromatic N) is 1. The van der Waals surface area contributed by atoms with Gasteiger partial charge in [0.1, 0.15) is 5.69 Å². The van der Waals surface area contributed by atoms with Crippen molar-refractivity contribution in [1.82, 2.24) is 9.88 Å². The maximum atomic E-state index is 11.6. The zero-order valence-electron chi connectivity index (χ0n) is 7.99. The normalized spacial score (nSPS) is 9.50. The number of aromatic amines is 1. The van der Waals surface area contributed by atoms with Gasteiger partial charge in [0, 0.05) is 19.7 Å². The molecule has 1 aromatic heterocycles. The fraction of sp³-hybridized carbons (Fsp3) is 0.200. The highest BCUT2D eigenvalue weighted by molar-refractivity contribution is 5.92. The number of hydrogen-bond acceptors (Lipinski definition) is 2. The molecule has 4 heteroatoms. The molecule has 1 amide bonds. The summed E-state index contributed by atoms with van der Waals surface area (Å²) in [5, 5.41) is 0. The van der Waals surface area contributed by atoms with Crippen molar-refractivity contribution in [3.05, 3.63) is 46.9 Å². The lowest BCUT2D eigenvalue weighted by Crippen LogP contribution is -2.28. The number of aromatic nitrogens is 1. The lowest BCUT2D eigenvalue weighted by molar-refractivity contribution is 0.0804. The number of hydrogen-bond donors (Lipinski definition) is 1. The molecule has 1 aromatic rings. The molecule has 1 rings (SSSR count). The highest BCUT2D eigenvalue weighted by Gasteiger charge is 2.10. The van der Waals surface area contributed by atoms with Gasteiger partial charge in [-0.15, -0.1) is 6.58 Å². The quantitative estimate of drug-likeness (QED) is 0.714. The van der Waals surface area contributed by atoms with E-state index in [9.17, 15) is 9.59 Å². The summed E-state index contributed by atoms with van der Waals surface area (Å²) in [4.78, 5) is 26.5. The van der Waals surface area contributed by atoms with Crippen LogP contribution in [0.15, 0.2) is 35.6 Å². The topological polar surface area (TPSA) is 53.2 Å². The Morgan fingerprint density at radius 3 is 2.93 bits per heavy atom. The Kier molecular flexibility index (Phi) is 3.23. The first-order valence-corrected chi connectivity index (χ1v) is 4.21. The third-order valence-corrected chi connectivity index (χ3v) is 1.75. The molecule has 1 N–H and O–H groups in total. The van der Waals surface area contributed by atoms with Gasteiger partial charge < -0.3 is 9.88 Å². The van der Waals surface area contributed by atoms with Crippen molar-refractivity contribution in [3.8, 4) is 0 Å². The van der Waals surface area contributed by atoms with Crippen LogP contribution in [0.2, 0.25) is 0 Å². The van der Waals surface area contributed by atoms with Crippen LogP contribution in [0, 0.1) is 0 Å². The first-order chi connectivity index (χ1) is 6.65. The number of nitrogens with one attached hydrogen (secondary N) is 1. The van der Waals surface area contributed by atoms with E-state index in [2.05, 4.69) is 11.6 Å². The molecule has 14 heavy (non-hydrogen) atoms. The van der Waals surface area contributed by atoms with E-state index in [1.807, 2.05) is 0 Å². The Balaban J connectivity index is 2.89. The second-order valence-corrected chi connectivity index (χ2v) is 2.90. The average Bonchev–Trinajstić information content (AvgIpc) is 2.17. The van der Waals surface area contributed by atoms with Crippen LogP contribution in [0.25, 0.3) is 0 Å². The van der Waals surface area contributed by atoms with Crippen LogP contribution in [0.4, 0.5) is 0 Å². The van der Waals surface area contributed by atoms with Gasteiger partial charge in [-0.3, -0.25) is 9.59 Å². The fourth-order valence-corrected chi connectivity index (χ4v) is 1.05. The predicted molar refractivity (Wildman–Crippen MR) is 54.2 cm³/mol. The molecule has 0 aliphatic rings. The number of carbonyl (C=O) groups excluding carboxylic acids is 1. The van der Waals surface area contributed by atoms with E-state index < -0.39 is 0 Å². The van der Waals surface area contributed by atoms with Gasteiger partial charge >= 0.3 is 0 Å².